The number of anilines is 1. The van der Waals surface area contributed by atoms with E-state index in [-0.39, 0.29) is 5.91 Å². The minimum atomic E-state index is 0.139. The molecule has 1 spiro atoms. The Balaban J connectivity index is 1.55. The first-order chi connectivity index (χ1) is 10.2. The molecule has 1 saturated carbocycles. The van der Waals surface area contributed by atoms with Crippen LogP contribution in [0.2, 0.25) is 0 Å². The van der Waals surface area contributed by atoms with Crippen molar-refractivity contribution in [3.63, 3.8) is 0 Å². The number of amides is 1. The molecule has 0 atom stereocenters. The number of nitrogens with zero attached hydrogens (tertiary/aromatic N) is 1. The fourth-order valence-corrected chi connectivity index (χ4v) is 3.71. The maximum absolute atomic E-state index is 12.3. The van der Waals surface area contributed by atoms with Crippen molar-refractivity contribution in [2.24, 2.45) is 5.41 Å². The molecule has 3 rings (SSSR count). The zero-order chi connectivity index (χ0) is 14.7. The van der Waals surface area contributed by atoms with Gasteiger partial charge in [-0.1, -0.05) is 25.0 Å². The van der Waals surface area contributed by atoms with Crippen molar-refractivity contribution in [3.05, 3.63) is 35.9 Å². The molecule has 0 bridgehead atoms. The highest BCUT2D eigenvalue weighted by atomic mass is 16.2. The number of carbonyl (C=O) groups is 1. The number of carbonyl (C=O) groups excluding carboxylic acids is 1. The topological polar surface area (TPSA) is 46.3 Å². The number of nitrogen functional groups attached to an aromatic ring is 1. The Labute approximate surface area is 126 Å². The van der Waals surface area contributed by atoms with Gasteiger partial charge in [-0.15, -0.1) is 0 Å². The molecule has 1 amide bonds. The number of piperidine rings is 1. The normalized spacial score (nSPS) is 21.2. The van der Waals surface area contributed by atoms with Crippen LogP contribution in [0.15, 0.2) is 30.3 Å². The molecule has 21 heavy (non-hydrogen) atoms. The molecule has 2 aliphatic rings. The van der Waals surface area contributed by atoms with E-state index in [1.807, 2.05) is 35.2 Å². The van der Waals surface area contributed by atoms with Crippen molar-refractivity contribution < 1.29 is 4.79 Å². The zero-order valence-corrected chi connectivity index (χ0v) is 12.6. The van der Waals surface area contributed by atoms with Gasteiger partial charge in [-0.25, -0.2) is 0 Å². The van der Waals surface area contributed by atoms with Crippen LogP contribution in [0, 0.1) is 5.41 Å². The first-order valence-corrected chi connectivity index (χ1v) is 8.00. The molecule has 1 aliphatic heterocycles. The summed E-state index contributed by atoms with van der Waals surface area (Å²) in [5.41, 5.74) is 7.99. The summed E-state index contributed by atoms with van der Waals surface area (Å²) in [4.78, 5) is 14.3. The van der Waals surface area contributed by atoms with Crippen LogP contribution in [-0.2, 0) is 4.79 Å². The molecule has 0 radical (unpaired) electrons. The van der Waals surface area contributed by atoms with Crippen molar-refractivity contribution >= 4 is 17.7 Å². The van der Waals surface area contributed by atoms with E-state index in [4.69, 9.17) is 5.73 Å². The van der Waals surface area contributed by atoms with Crippen LogP contribution >= 0.6 is 0 Å². The molecule has 1 saturated heterocycles. The summed E-state index contributed by atoms with van der Waals surface area (Å²) in [5, 5.41) is 0. The van der Waals surface area contributed by atoms with Gasteiger partial charge in [0.1, 0.15) is 0 Å². The highest BCUT2D eigenvalue weighted by molar-refractivity contribution is 5.91. The molecule has 3 heteroatoms. The van der Waals surface area contributed by atoms with Gasteiger partial charge < -0.3 is 10.6 Å². The lowest BCUT2D eigenvalue weighted by molar-refractivity contribution is -0.128. The molecular weight excluding hydrogens is 260 g/mol. The van der Waals surface area contributed by atoms with E-state index in [9.17, 15) is 4.79 Å². The summed E-state index contributed by atoms with van der Waals surface area (Å²) in [5.74, 6) is 0.139. The lowest BCUT2D eigenvalue weighted by Gasteiger charge is -2.39. The summed E-state index contributed by atoms with van der Waals surface area (Å²) in [7, 11) is 0. The molecule has 2 fully saturated rings. The Morgan fingerprint density at radius 2 is 1.67 bits per heavy atom. The van der Waals surface area contributed by atoms with E-state index in [1.165, 1.54) is 38.5 Å². The minimum Gasteiger partial charge on any atom is -0.399 e. The Morgan fingerprint density at radius 3 is 2.29 bits per heavy atom. The quantitative estimate of drug-likeness (QED) is 0.667. The number of benzene rings is 1. The Kier molecular flexibility index (Phi) is 4.00. The molecule has 1 heterocycles. The third-order valence-electron chi connectivity index (χ3n) is 5.15. The molecule has 1 aromatic carbocycles. The van der Waals surface area contributed by atoms with E-state index in [2.05, 4.69) is 0 Å². The van der Waals surface area contributed by atoms with Gasteiger partial charge in [0.2, 0.25) is 5.91 Å². The van der Waals surface area contributed by atoms with Crippen LogP contribution < -0.4 is 5.73 Å². The maximum Gasteiger partial charge on any atom is 0.246 e. The van der Waals surface area contributed by atoms with Crippen molar-refractivity contribution in [1.82, 2.24) is 4.90 Å². The molecule has 2 N–H and O–H groups in total. The van der Waals surface area contributed by atoms with Crippen molar-refractivity contribution in [2.75, 3.05) is 18.8 Å². The zero-order valence-electron chi connectivity index (χ0n) is 12.6. The Morgan fingerprint density at radius 1 is 1.05 bits per heavy atom. The fraction of sp³-hybridized carbons (Fsp3) is 0.500. The predicted molar refractivity (Wildman–Crippen MR) is 86.6 cm³/mol. The van der Waals surface area contributed by atoms with Crippen LogP contribution in [0.25, 0.3) is 6.08 Å². The second-order valence-corrected chi connectivity index (χ2v) is 6.53. The number of likely N-dealkylation sites (tertiary alicyclic amines) is 1. The summed E-state index contributed by atoms with van der Waals surface area (Å²) in [6.07, 6.45) is 11.4. The summed E-state index contributed by atoms with van der Waals surface area (Å²) in [6, 6.07) is 7.58. The van der Waals surface area contributed by atoms with Gasteiger partial charge in [-0.05, 0) is 54.9 Å². The van der Waals surface area contributed by atoms with Crippen LogP contribution in [-0.4, -0.2) is 23.9 Å². The van der Waals surface area contributed by atoms with Gasteiger partial charge in [-0.2, -0.15) is 0 Å². The highest BCUT2D eigenvalue weighted by Gasteiger charge is 2.37. The van der Waals surface area contributed by atoms with Gasteiger partial charge in [0.25, 0.3) is 0 Å². The summed E-state index contributed by atoms with van der Waals surface area (Å²) < 4.78 is 0. The first kappa shape index (κ1) is 14.2. The monoisotopic (exact) mass is 284 g/mol. The van der Waals surface area contributed by atoms with Crippen molar-refractivity contribution in [2.45, 2.75) is 38.5 Å². The summed E-state index contributed by atoms with van der Waals surface area (Å²) >= 11 is 0. The molecule has 112 valence electrons. The van der Waals surface area contributed by atoms with Gasteiger partial charge in [0.15, 0.2) is 0 Å². The number of hydrogen-bond donors (Lipinski definition) is 1. The molecule has 0 unspecified atom stereocenters. The molecular formula is C18H24N2O. The smallest absolute Gasteiger partial charge is 0.246 e. The van der Waals surface area contributed by atoms with Crippen LogP contribution in [0.4, 0.5) is 5.69 Å². The number of hydrogen-bond acceptors (Lipinski definition) is 2. The Hall–Kier alpha value is -1.77. The molecule has 1 aromatic rings. The van der Waals surface area contributed by atoms with E-state index < -0.39 is 0 Å². The Bertz CT molecular complexity index is 517. The van der Waals surface area contributed by atoms with E-state index in [0.717, 1.165) is 24.3 Å². The van der Waals surface area contributed by atoms with Crippen LogP contribution in [0.3, 0.4) is 0 Å². The van der Waals surface area contributed by atoms with E-state index in [1.54, 1.807) is 6.08 Å². The molecule has 1 aliphatic carbocycles. The van der Waals surface area contributed by atoms with E-state index in [0.29, 0.717) is 5.41 Å². The third kappa shape index (κ3) is 3.29. The van der Waals surface area contributed by atoms with Crippen LogP contribution in [0.5, 0.6) is 0 Å². The van der Waals surface area contributed by atoms with Gasteiger partial charge in [-0.3, -0.25) is 4.79 Å². The SMILES string of the molecule is Nc1ccc(/C=C/C(=O)N2CCC3(CCCC3)CC2)cc1. The van der Waals surface area contributed by atoms with Gasteiger partial charge in [0, 0.05) is 24.9 Å². The summed E-state index contributed by atoms with van der Waals surface area (Å²) in [6.45, 7) is 1.84. The first-order valence-electron chi connectivity index (χ1n) is 8.00. The standard InChI is InChI=1S/C18H24N2O/c19-16-6-3-15(4-7-16)5-8-17(21)20-13-11-18(12-14-20)9-1-2-10-18/h3-8H,1-2,9-14,19H2/b8-5+. The van der Waals surface area contributed by atoms with E-state index >= 15 is 0 Å². The number of rotatable bonds is 2. The molecule has 0 aromatic heterocycles. The van der Waals surface area contributed by atoms with Crippen molar-refractivity contribution in [1.29, 1.82) is 0 Å². The fourth-order valence-electron chi connectivity index (χ4n) is 3.71. The van der Waals surface area contributed by atoms with Crippen molar-refractivity contribution in [3.8, 4) is 0 Å². The maximum atomic E-state index is 12.3. The second kappa shape index (κ2) is 5.92. The lowest BCUT2D eigenvalue weighted by Crippen LogP contribution is -2.41. The average molecular weight is 284 g/mol. The van der Waals surface area contributed by atoms with Gasteiger partial charge >= 0.3 is 0 Å². The molecule has 3 nitrogen and oxygen atoms in total. The minimum absolute atomic E-state index is 0.139. The highest BCUT2D eigenvalue weighted by Crippen LogP contribution is 2.46. The second-order valence-electron chi connectivity index (χ2n) is 6.53. The third-order valence-corrected chi connectivity index (χ3v) is 5.15. The predicted octanol–water partition coefficient (Wildman–Crippen LogP) is 3.46. The lowest BCUT2D eigenvalue weighted by atomic mass is 9.77. The average Bonchev–Trinajstić information content (AvgIpc) is 2.95. The van der Waals surface area contributed by atoms with Gasteiger partial charge in [0.05, 0.1) is 0 Å². The van der Waals surface area contributed by atoms with Crippen LogP contribution in [0.1, 0.15) is 44.1 Å². The largest absolute Gasteiger partial charge is 0.399 e. The number of nitrogens with two attached hydrogens (primary N) is 1.